The van der Waals surface area contributed by atoms with Gasteiger partial charge in [0.15, 0.2) is 0 Å². The lowest BCUT2D eigenvalue weighted by Crippen LogP contribution is -2.05. The highest BCUT2D eigenvalue weighted by atomic mass is 79.9. The molecule has 0 bridgehead atoms. The molecule has 0 unspecified atom stereocenters. The van der Waals surface area contributed by atoms with Gasteiger partial charge in [0.1, 0.15) is 4.60 Å². The zero-order chi connectivity index (χ0) is 10.3. The van der Waals surface area contributed by atoms with Crippen molar-refractivity contribution in [2.75, 3.05) is 0 Å². The molecule has 0 radical (unpaired) electrons. The maximum Gasteiger partial charge on any atom is 0.372 e. The molecule has 0 aliphatic heterocycles. The Morgan fingerprint density at radius 2 is 2.29 bits per heavy atom. The number of carbonyl (C=O) groups is 1. The van der Waals surface area contributed by atoms with Crippen molar-refractivity contribution < 1.29 is 9.90 Å². The average molecular weight is 255 g/mol. The molecule has 0 aliphatic carbocycles. The Kier molecular flexibility index (Phi) is 2.03. The van der Waals surface area contributed by atoms with Gasteiger partial charge >= 0.3 is 5.97 Å². The second-order valence-corrected chi connectivity index (χ2v) is 3.67. The number of carboxylic acid groups (broad SMARTS) is 1. The number of imidazole rings is 1. The second kappa shape index (κ2) is 3.09. The number of nitrogens with zero attached hydrogens (tertiary/aromatic N) is 2. The first-order valence-corrected chi connectivity index (χ1v) is 4.77. The normalized spacial score (nSPS) is 10.7. The SMILES string of the molecule is Cc1cccc2c(Br)nc(C(=O)O)n12. The highest BCUT2D eigenvalue weighted by Gasteiger charge is 2.15. The predicted molar refractivity (Wildman–Crippen MR) is 54.6 cm³/mol. The van der Waals surface area contributed by atoms with E-state index in [1.54, 1.807) is 4.40 Å². The highest BCUT2D eigenvalue weighted by Crippen LogP contribution is 2.20. The van der Waals surface area contributed by atoms with Gasteiger partial charge < -0.3 is 5.11 Å². The highest BCUT2D eigenvalue weighted by molar-refractivity contribution is 9.10. The molecule has 2 heterocycles. The first-order chi connectivity index (χ1) is 6.61. The first-order valence-electron chi connectivity index (χ1n) is 3.98. The summed E-state index contributed by atoms with van der Waals surface area (Å²) >= 11 is 3.22. The van der Waals surface area contributed by atoms with Crippen molar-refractivity contribution in [2.24, 2.45) is 0 Å². The van der Waals surface area contributed by atoms with Crippen molar-refractivity contribution in [1.29, 1.82) is 0 Å². The van der Waals surface area contributed by atoms with E-state index in [0.29, 0.717) is 4.60 Å². The predicted octanol–water partition coefficient (Wildman–Crippen LogP) is 2.10. The van der Waals surface area contributed by atoms with Gasteiger partial charge in [0, 0.05) is 5.69 Å². The van der Waals surface area contributed by atoms with Crippen molar-refractivity contribution in [1.82, 2.24) is 9.38 Å². The van der Waals surface area contributed by atoms with E-state index in [-0.39, 0.29) is 5.82 Å². The summed E-state index contributed by atoms with van der Waals surface area (Å²) in [5.41, 5.74) is 1.61. The molecule has 0 fully saturated rings. The smallest absolute Gasteiger partial charge is 0.372 e. The van der Waals surface area contributed by atoms with Crippen LogP contribution in [0.5, 0.6) is 0 Å². The summed E-state index contributed by atoms with van der Waals surface area (Å²) in [5.74, 6) is -0.995. The topological polar surface area (TPSA) is 54.6 Å². The number of hydrogen-bond donors (Lipinski definition) is 1. The number of hydrogen-bond acceptors (Lipinski definition) is 2. The van der Waals surface area contributed by atoms with Crippen LogP contribution in [-0.4, -0.2) is 20.5 Å². The first kappa shape index (κ1) is 9.21. The van der Waals surface area contributed by atoms with Crippen LogP contribution in [0.4, 0.5) is 0 Å². The lowest BCUT2D eigenvalue weighted by Gasteiger charge is -2.00. The molecule has 0 aromatic carbocycles. The molecule has 0 aliphatic rings. The zero-order valence-electron chi connectivity index (χ0n) is 7.36. The van der Waals surface area contributed by atoms with Gasteiger partial charge in [0.2, 0.25) is 5.82 Å². The van der Waals surface area contributed by atoms with Crippen molar-refractivity contribution in [3.05, 3.63) is 34.3 Å². The maximum atomic E-state index is 10.9. The molecular formula is C9H7BrN2O2. The summed E-state index contributed by atoms with van der Waals surface area (Å²) in [7, 11) is 0. The van der Waals surface area contributed by atoms with Crippen molar-refractivity contribution in [3.8, 4) is 0 Å². The van der Waals surface area contributed by atoms with Crippen LogP contribution in [-0.2, 0) is 0 Å². The van der Waals surface area contributed by atoms with Gasteiger partial charge in [0.25, 0.3) is 0 Å². The molecule has 1 N–H and O–H groups in total. The van der Waals surface area contributed by atoms with Gasteiger partial charge in [-0.25, -0.2) is 9.78 Å². The number of aromatic nitrogens is 2. The van der Waals surface area contributed by atoms with E-state index in [4.69, 9.17) is 5.11 Å². The van der Waals surface area contributed by atoms with Gasteiger partial charge in [-0.2, -0.15) is 0 Å². The summed E-state index contributed by atoms with van der Waals surface area (Å²) in [6, 6.07) is 5.52. The van der Waals surface area contributed by atoms with Gasteiger partial charge in [-0.1, -0.05) is 6.07 Å². The van der Waals surface area contributed by atoms with E-state index in [2.05, 4.69) is 20.9 Å². The number of carboxylic acids is 1. The maximum absolute atomic E-state index is 10.9. The Bertz CT molecular complexity index is 519. The van der Waals surface area contributed by atoms with Crippen LogP contribution in [0.15, 0.2) is 22.8 Å². The standard InChI is InChI=1S/C9H7BrN2O2/c1-5-3-2-4-6-7(10)11-8(9(13)14)12(5)6/h2-4H,1H3,(H,13,14). The van der Waals surface area contributed by atoms with Crippen LogP contribution in [0.3, 0.4) is 0 Å². The molecule has 0 saturated carbocycles. The summed E-state index contributed by atoms with van der Waals surface area (Å²) in [6.45, 7) is 1.84. The quantitative estimate of drug-likeness (QED) is 0.848. The van der Waals surface area contributed by atoms with Gasteiger partial charge in [-0.3, -0.25) is 4.40 Å². The van der Waals surface area contributed by atoms with Crippen LogP contribution < -0.4 is 0 Å². The van der Waals surface area contributed by atoms with Crippen LogP contribution in [0.2, 0.25) is 0 Å². The van der Waals surface area contributed by atoms with Gasteiger partial charge in [-0.15, -0.1) is 0 Å². The Hall–Kier alpha value is -1.36. The van der Waals surface area contributed by atoms with E-state index in [0.717, 1.165) is 11.2 Å². The summed E-state index contributed by atoms with van der Waals surface area (Å²) in [6.07, 6.45) is 0. The molecular weight excluding hydrogens is 248 g/mol. The fourth-order valence-electron chi connectivity index (χ4n) is 1.40. The summed E-state index contributed by atoms with van der Waals surface area (Å²) in [5, 5.41) is 8.92. The average Bonchev–Trinajstić information content (AvgIpc) is 2.46. The summed E-state index contributed by atoms with van der Waals surface area (Å²) < 4.78 is 2.16. The van der Waals surface area contributed by atoms with Crippen LogP contribution in [0.1, 0.15) is 16.3 Å². The molecule has 14 heavy (non-hydrogen) atoms. The van der Waals surface area contributed by atoms with Crippen molar-refractivity contribution in [3.63, 3.8) is 0 Å². The minimum atomic E-state index is -1.03. The van der Waals surface area contributed by atoms with Crippen LogP contribution in [0, 0.1) is 6.92 Å². The number of aromatic carboxylic acids is 1. The molecule has 0 spiro atoms. The third-order valence-electron chi connectivity index (χ3n) is 2.00. The number of halogens is 1. The lowest BCUT2D eigenvalue weighted by atomic mass is 10.3. The number of rotatable bonds is 1. The van der Waals surface area contributed by atoms with E-state index >= 15 is 0 Å². The van der Waals surface area contributed by atoms with Gasteiger partial charge in [-0.05, 0) is 35.0 Å². The molecule has 2 aromatic heterocycles. The molecule has 0 saturated heterocycles. The molecule has 2 rings (SSSR count). The Labute approximate surface area is 88.3 Å². The second-order valence-electron chi connectivity index (χ2n) is 2.92. The van der Waals surface area contributed by atoms with E-state index < -0.39 is 5.97 Å². The molecule has 72 valence electrons. The monoisotopic (exact) mass is 254 g/mol. The number of aryl methyl sites for hydroxylation is 1. The lowest BCUT2D eigenvalue weighted by molar-refractivity contribution is 0.0682. The van der Waals surface area contributed by atoms with Crippen LogP contribution >= 0.6 is 15.9 Å². The van der Waals surface area contributed by atoms with E-state index in [1.807, 2.05) is 25.1 Å². The van der Waals surface area contributed by atoms with E-state index in [1.165, 1.54) is 0 Å². The molecule has 0 amide bonds. The fraction of sp³-hybridized carbons (Fsp3) is 0.111. The minimum Gasteiger partial charge on any atom is -0.475 e. The minimum absolute atomic E-state index is 0.0324. The van der Waals surface area contributed by atoms with E-state index in [9.17, 15) is 4.79 Å². The molecule has 2 aromatic rings. The molecule has 4 nitrogen and oxygen atoms in total. The fourth-order valence-corrected chi connectivity index (χ4v) is 1.88. The molecule has 0 atom stereocenters. The summed E-state index contributed by atoms with van der Waals surface area (Å²) in [4.78, 5) is 14.8. The van der Waals surface area contributed by atoms with Crippen molar-refractivity contribution >= 4 is 27.4 Å². The Balaban J connectivity index is 2.93. The zero-order valence-corrected chi connectivity index (χ0v) is 8.95. The van der Waals surface area contributed by atoms with Gasteiger partial charge in [0.05, 0.1) is 5.52 Å². The number of fused-ring (bicyclic) bond motifs is 1. The Morgan fingerprint density at radius 3 is 2.93 bits per heavy atom. The van der Waals surface area contributed by atoms with Crippen LogP contribution in [0.25, 0.3) is 5.52 Å². The third-order valence-corrected chi connectivity index (χ3v) is 2.59. The molecule has 5 heteroatoms. The largest absolute Gasteiger partial charge is 0.475 e. The number of pyridine rings is 1. The Morgan fingerprint density at radius 1 is 1.57 bits per heavy atom. The van der Waals surface area contributed by atoms with Crippen molar-refractivity contribution in [2.45, 2.75) is 6.92 Å². The third kappa shape index (κ3) is 1.21.